The van der Waals surface area contributed by atoms with Crippen molar-refractivity contribution in [3.05, 3.63) is 58.7 Å². The molecule has 3 nitrogen and oxygen atoms in total. The molecule has 0 atom stereocenters. The van der Waals surface area contributed by atoms with Crippen LogP contribution in [0.15, 0.2) is 36.4 Å². The third-order valence-electron chi connectivity index (χ3n) is 3.73. The third kappa shape index (κ3) is 6.43. The van der Waals surface area contributed by atoms with Gasteiger partial charge in [-0.25, -0.2) is 10.3 Å². The number of halogens is 12. The molecule has 0 aliphatic rings. The van der Waals surface area contributed by atoms with Crippen LogP contribution in [0.3, 0.4) is 0 Å². The Morgan fingerprint density at radius 2 is 0.875 bits per heavy atom. The van der Waals surface area contributed by atoms with Crippen LogP contribution >= 0.6 is 0 Å². The van der Waals surface area contributed by atoms with Crippen molar-refractivity contribution in [3.63, 3.8) is 0 Å². The fourth-order valence-corrected chi connectivity index (χ4v) is 2.40. The molecule has 176 valence electrons. The smallest absolute Gasteiger partial charge is 0.290 e. The van der Waals surface area contributed by atoms with Crippen LogP contribution < -0.4 is 16.0 Å². The highest BCUT2D eigenvalue weighted by Gasteiger charge is 2.38. The average Bonchev–Trinajstić information content (AvgIpc) is 2.58. The molecule has 0 heterocycles. The molecule has 0 aromatic heterocycles. The Bertz CT molecular complexity index is 949. The molecule has 32 heavy (non-hydrogen) atoms. The summed E-state index contributed by atoms with van der Waals surface area (Å²) in [5.74, 6) is -0.940. The lowest BCUT2D eigenvalue weighted by molar-refractivity contribution is -0.355. The van der Waals surface area contributed by atoms with E-state index in [4.69, 9.17) is 5.73 Å². The van der Waals surface area contributed by atoms with E-state index in [0.717, 1.165) is 0 Å². The number of anilines is 1. The minimum Gasteiger partial charge on any atom is -0.290 e. The van der Waals surface area contributed by atoms with E-state index in [1.807, 2.05) is 10.3 Å². The van der Waals surface area contributed by atoms with E-state index in [0.29, 0.717) is 0 Å². The first-order chi connectivity index (χ1) is 14.3. The predicted molar refractivity (Wildman–Crippen MR) is 86.3 cm³/mol. The van der Waals surface area contributed by atoms with Gasteiger partial charge in [0.05, 0.1) is 22.3 Å². The van der Waals surface area contributed by atoms with Gasteiger partial charge in [0.1, 0.15) is 11.4 Å². The lowest BCUT2D eigenvalue weighted by Gasteiger charge is -2.13. The topological polar surface area (TPSA) is 52.0 Å². The van der Waals surface area contributed by atoms with Crippen molar-refractivity contribution in [1.29, 1.82) is 0 Å². The van der Waals surface area contributed by atoms with E-state index >= 15 is 0 Å². The van der Waals surface area contributed by atoms with Gasteiger partial charge in [0, 0.05) is 0 Å². The summed E-state index contributed by atoms with van der Waals surface area (Å²) in [4.78, 5) is 1.85. The molecule has 15 heteroatoms. The summed E-state index contributed by atoms with van der Waals surface area (Å²) < 4.78 is 154. The Labute approximate surface area is 170 Å². The fourth-order valence-electron chi connectivity index (χ4n) is 2.40. The van der Waals surface area contributed by atoms with Crippen molar-refractivity contribution in [1.82, 2.24) is 0 Å². The van der Waals surface area contributed by atoms with E-state index in [-0.39, 0.29) is 36.4 Å². The molecular formula is C17H10F12N3+. The lowest BCUT2D eigenvalue weighted by atomic mass is 10.1. The molecule has 2 rings (SSSR count). The molecule has 0 bridgehead atoms. The summed E-state index contributed by atoms with van der Waals surface area (Å²) in [6.07, 6.45) is -20.8. The molecule has 0 fully saturated rings. The third-order valence-corrected chi connectivity index (χ3v) is 3.73. The van der Waals surface area contributed by atoms with Crippen molar-refractivity contribution >= 4 is 17.3 Å². The number of hydrogen-bond donors (Lipinski definition) is 3. The summed E-state index contributed by atoms with van der Waals surface area (Å²) in [7, 11) is 0. The van der Waals surface area contributed by atoms with Crippen LogP contribution in [0.5, 0.6) is 0 Å². The summed E-state index contributed by atoms with van der Waals surface area (Å²) in [6.45, 7) is 0. The number of nitrogens with two attached hydrogens (primary N) is 1. The molecule has 0 aliphatic carbocycles. The summed E-state index contributed by atoms with van der Waals surface area (Å²) in [5, 5.41) is 1.85. The minimum atomic E-state index is -5.19. The van der Waals surface area contributed by atoms with Gasteiger partial charge in [0.25, 0.3) is 0 Å². The molecular weight excluding hydrogens is 474 g/mol. The Hall–Kier alpha value is -3.13. The molecule has 0 saturated carbocycles. The maximum absolute atomic E-state index is 12.9. The quantitative estimate of drug-likeness (QED) is 0.323. The number of rotatable bonds is 2. The maximum Gasteiger partial charge on any atom is 0.416 e. The van der Waals surface area contributed by atoms with Gasteiger partial charge in [-0.15, -0.1) is 0 Å². The van der Waals surface area contributed by atoms with Crippen molar-refractivity contribution < 1.29 is 57.7 Å². The monoisotopic (exact) mass is 484 g/mol. The average molecular weight is 484 g/mol. The molecule has 0 aliphatic heterocycles. The molecule has 0 amide bonds. The molecule has 0 unspecified atom stereocenters. The van der Waals surface area contributed by atoms with Gasteiger partial charge in [-0.2, -0.15) is 52.7 Å². The standard InChI is InChI=1S/C17H9F12N3/c18-14(19,20)7-1-8(15(21,22)23)4-11(3-7)31-13(30)32-12-5-9(16(24,25)26)2-10(6-12)17(27,28)29/h1-6H,(H3,30,31,32)/p+1. The first-order valence-corrected chi connectivity index (χ1v) is 8.02. The number of nitrogens with one attached hydrogen (secondary N) is 2. The Morgan fingerprint density at radius 3 is 1.19 bits per heavy atom. The first kappa shape index (κ1) is 25.1. The van der Waals surface area contributed by atoms with Crippen molar-refractivity contribution in [2.24, 2.45) is 5.73 Å². The Balaban J connectivity index is 2.51. The van der Waals surface area contributed by atoms with Crippen LogP contribution in [-0.2, 0) is 24.7 Å². The van der Waals surface area contributed by atoms with Crippen LogP contribution in [0.25, 0.3) is 0 Å². The van der Waals surface area contributed by atoms with Gasteiger partial charge in [0.15, 0.2) is 0 Å². The Kier molecular flexibility index (Phi) is 6.35. The molecule has 2 aromatic rings. The van der Waals surface area contributed by atoms with Gasteiger partial charge in [-0.1, -0.05) is 0 Å². The molecule has 2 aromatic carbocycles. The maximum atomic E-state index is 12.9. The zero-order valence-electron chi connectivity index (χ0n) is 15.1. The number of benzene rings is 2. The fraction of sp³-hybridized carbons (Fsp3) is 0.235. The second kappa shape index (κ2) is 8.09. The van der Waals surface area contributed by atoms with Gasteiger partial charge < -0.3 is 0 Å². The SMILES string of the molecule is NC(Nc1cc(C(F)(F)F)cc(C(F)(F)F)c1)=[NH+]c1cc(C(F)(F)F)cc(C(F)(F)F)c1. The van der Waals surface area contributed by atoms with E-state index in [1.165, 1.54) is 0 Å². The molecule has 4 N–H and O–H groups in total. The molecule has 0 radical (unpaired) electrons. The van der Waals surface area contributed by atoms with Gasteiger partial charge >= 0.3 is 30.7 Å². The highest BCUT2D eigenvalue weighted by atomic mass is 19.4. The zero-order valence-corrected chi connectivity index (χ0v) is 15.1. The molecule has 0 saturated heterocycles. The normalized spacial score (nSPS) is 13.9. The van der Waals surface area contributed by atoms with Gasteiger partial charge in [-0.05, 0) is 36.4 Å². The van der Waals surface area contributed by atoms with Crippen LogP contribution in [0.4, 0.5) is 64.1 Å². The van der Waals surface area contributed by atoms with Crippen LogP contribution in [0, 0.1) is 0 Å². The van der Waals surface area contributed by atoms with Crippen molar-refractivity contribution in [2.45, 2.75) is 24.7 Å². The summed E-state index contributed by atoms with van der Waals surface area (Å²) in [5.41, 5.74) is -3.29. The van der Waals surface area contributed by atoms with Crippen LogP contribution in [0.2, 0.25) is 0 Å². The first-order valence-electron chi connectivity index (χ1n) is 8.02. The zero-order chi connectivity index (χ0) is 24.7. The lowest BCUT2D eigenvalue weighted by Crippen LogP contribution is -2.71. The van der Waals surface area contributed by atoms with Crippen LogP contribution in [-0.4, -0.2) is 5.96 Å². The number of hydrogen-bond acceptors (Lipinski definition) is 0. The van der Waals surface area contributed by atoms with Gasteiger partial charge in [0.2, 0.25) is 0 Å². The Morgan fingerprint density at radius 1 is 0.562 bits per heavy atom. The van der Waals surface area contributed by atoms with E-state index in [1.54, 1.807) is 0 Å². The van der Waals surface area contributed by atoms with Gasteiger partial charge in [-0.3, -0.25) is 5.73 Å². The minimum absolute atomic E-state index is 0.183. The van der Waals surface area contributed by atoms with Crippen molar-refractivity contribution in [3.8, 4) is 0 Å². The van der Waals surface area contributed by atoms with E-state index in [9.17, 15) is 52.7 Å². The number of alkyl halides is 12. The number of guanidine groups is 1. The van der Waals surface area contributed by atoms with Crippen molar-refractivity contribution in [2.75, 3.05) is 5.32 Å². The highest BCUT2D eigenvalue weighted by Crippen LogP contribution is 2.38. The van der Waals surface area contributed by atoms with Crippen LogP contribution in [0.1, 0.15) is 22.3 Å². The second-order valence-corrected chi connectivity index (χ2v) is 6.25. The summed E-state index contributed by atoms with van der Waals surface area (Å²) in [6, 6.07) is 0.511. The van der Waals surface area contributed by atoms with E-state index in [2.05, 4.69) is 0 Å². The van der Waals surface area contributed by atoms with E-state index < -0.39 is 64.3 Å². The molecule has 0 spiro atoms. The summed E-state index contributed by atoms with van der Waals surface area (Å²) >= 11 is 0. The predicted octanol–water partition coefficient (Wildman–Crippen LogP) is 4.90. The second-order valence-electron chi connectivity index (χ2n) is 6.25. The highest BCUT2D eigenvalue weighted by molar-refractivity contribution is 5.88. The largest absolute Gasteiger partial charge is 0.416 e.